The van der Waals surface area contributed by atoms with Crippen molar-refractivity contribution in [3.8, 4) is 0 Å². The van der Waals surface area contributed by atoms with Gasteiger partial charge in [-0.1, -0.05) is 12.1 Å². The molecule has 0 aliphatic rings. The molecule has 2 aromatic rings. The number of aliphatic imine (C=N–C) groups is 1. The van der Waals surface area contributed by atoms with Crippen LogP contribution < -0.4 is 10.6 Å². The monoisotopic (exact) mass is 446 g/mol. The van der Waals surface area contributed by atoms with Crippen molar-refractivity contribution < 1.29 is 9.13 Å². The van der Waals surface area contributed by atoms with Gasteiger partial charge in [0.15, 0.2) is 5.96 Å². The topological polar surface area (TPSA) is 50.6 Å². The number of halogens is 2. The van der Waals surface area contributed by atoms with E-state index < -0.39 is 0 Å². The van der Waals surface area contributed by atoms with Crippen LogP contribution in [0.25, 0.3) is 0 Å². The highest BCUT2D eigenvalue weighted by Gasteiger charge is 2.11. The van der Waals surface area contributed by atoms with Crippen LogP contribution in [0.2, 0.25) is 0 Å². The Morgan fingerprint density at radius 3 is 2.46 bits per heavy atom. The lowest BCUT2D eigenvalue weighted by Gasteiger charge is -2.19. The van der Waals surface area contributed by atoms with Gasteiger partial charge in [0.2, 0.25) is 0 Å². The summed E-state index contributed by atoms with van der Waals surface area (Å²) >= 11 is 0. The van der Waals surface area contributed by atoms with Gasteiger partial charge in [-0.25, -0.2) is 4.39 Å². The molecular weight excluding hydrogens is 422 g/mol. The minimum absolute atomic E-state index is 0. The fourth-order valence-electron chi connectivity index (χ4n) is 2.25. The maximum absolute atomic E-state index is 13.0. The zero-order valence-corrected chi connectivity index (χ0v) is 16.2. The highest BCUT2D eigenvalue weighted by atomic mass is 127. The first-order valence-electron chi connectivity index (χ1n) is 7.56. The summed E-state index contributed by atoms with van der Waals surface area (Å²) in [5, 5.41) is 6.47. The third kappa shape index (κ3) is 6.48. The van der Waals surface area contributed by atoms with Crippen molar-refractivity contribution in [1.82, 2.24) is 15.2 Å². The van der Waals surface area contributed by atoms with E-state index in [1.54, 1.807) is 26.3 Å². The molecule has 24 heavy (non-hydrogen) atoms. The quantitative estimate of drug-likeness (QED) is 0.391. The van der Waals surface area contributed by atoms with E-state index in [1.165, 1.54) is 12.1 Å². The van der Waals surface area contributed by atoms with E-state index in [-0.39, 0.29) is 35.9 Å². The summed E-state index contributed by atoms with van der Waals surface area (Å²) in [5.41, 5.74) is 0.921. The van der Waals surface area contributed by atoms with Crippen molar-refractivity contribution in [2.24, 2.45) is 4.99 Å². The maximum atomic E-state index is 13.0. The van der Waals surface area contributed by atoms with Crippen LogP contribution in [0.3, 0.4) is 0 Å². The molecule has 0 radical (unpaired) electrons. The third-order valence-electron chi connectivity index (χ3n) is 3.53. The molecule has 132 valence electrons. The molecule has 5 nitrogen and oxygen atoms in total. The molecule has 0 spiro atoms. The minimum Gasteiger partial charge on any atom is -0.375 e. The van der Waals surface area contributed by atoms with Gasteiger partial charge in [0, 0.05) is 46.2 Å². The third-order valence-corrected chi connectivity index (χ3v) is 3.53. The summed E-state index contributed by atoms with van der Waals surface area (Å²) in [7, 11) is 3.36. The molecule has 2 rings (SSSR count). The van der Waals surface area contributed by atoms with Crippen LogP contribution in [0.1, 0.15) is 11.7 Å². The first-order chi connectivity index (χ1) is 11.2. The molecule has 0 aliphatic heterocycles. The molecule has 1 aromatic heterocycles. The van der Waals surface area contributed by atoms with Crippen LogP contribution in [0, 0.1) is 5.82 Å². The summed E-state index contributed by atoms with van der Waals surface area (Å²) < 4.78 is 20.5. The van der Waals surface area contributed by atoms with E-state index in [0.717, 1.165) is 18.7 Å². The van der Waals surface area contributed by atoms with Crippen LogP contribution in [0.15, 0.2) is 53.8 Å². The Hall–Kier alpha value is -1.61. The zero-order valence-electron chi connectivity index (χ0n) is 13.9. The van der Waals surface area contributed by atoms with Crippen LogP contribution >= 0.6 is 24.0 Å². The first-order valence-corrected chi connectivity index (χ1v) is 7.56. The molecule has 0 amide bonds. The summed E-state index contributed by atoms with van der Waals surface area (Å²) in [4.78, 5) is 4.19. The number of hydrogen-bond donors (Lipinski definition) is 2. The number of hydrogen-bond acceptors (Lipinski definition) is 2. The van der Waals surface area contributed by atoms with Gasteiger partial charge in [-0.05, 0) is 29.8 Å². The van der Waals surface area contributed by atoms with E-state index in [1.807, 2.05) is 24.5 Å². The molecule has 2 N–H and O–H groups in total. The Morgan fingerprint density at radius 2 is 1.88 bits per heavy atom. The number of rotatable bonds is 7. The Balaban J connectivity index is 0.00000288. The smallest absolute Gasteiger partial charge is 0.191 e. The molecule has 0 fully saturated rings. The molecule has 1 heterocycles. The van der Waals surface area contributed by atoms with Crippen LogP contribution in [-0.2, 0) is 11.3 Å². The maximum Gasteiger partial charge on any atom is 0.191 e. The van der Waals surface area contributed by atoms with Crippen LogP contribution in [-0.4, -0.2) is 37.8 Å². The number of aromatic nitrogens is 1. The van der Waals surface area contributed by atoms with E-state index in [0.29, 0.717) is 12.5 Å². The number of nitrogens with zero attached hydrogens (tertiary/aromatic N) is 2. The van der Waals surface area contributed by atoms with Crippen molar-refractivity contribution >= 4 is 29.9 Å². The second-order valence-corrected chi connectivity index (χ2v) is 5.08. The molecule has 0 saturated heterocycles. The Labute approximate surface area is 159 Å². The predicted molar refractivity (Wildman–Crippen MR) is 105 cm³/mol. The highest BCUT2D eigenvalue weighted by molar-refractivity contribution is 14.0. The van der Waals surface area contributed by atoms with Gasteiger partial charge in [0.05, 0.1) is 6.10 Å². The van der Waals surface area contributed by atoms with Crippen molar-refractivity contribution in [2.45, 2.75) is 12.6 Å². The zero-order chi connectivity index (χ0) is 16.5. The fourth-order valence-corrected chi connectivity index (χ4v) is 2.25. The summed E-state index contributed by atoms with van der Waals surface area (Å²) in [6.07, 6.45) is 3.87. The second-order valence-electron chi connectivity index (χ2n) is 5.08. The van der Waals surface area contributed by atoms with Crippen LogP contribution in [0.5, 0.6) is 0 Å². The lowest BCUT2D eigenvalue weighted by molar-refractivity contribution is 0.106. The van der Waals surface area contributed by atoms with Crippen molar-refractivity contribution in [1.29, 1.82) is 0 Å². The average Bonchev–Trinajstić information content (AvgIpc) is 3.08. The lowest BCUT2D eigenvalue weighted by Crippen LogP contribution is -2.40. The van der Waals surface area contributed by atoms with E-state index in [4.69, 9.17) is 4.74 Å². The Morgan fingerprint density at radius 1 is 1.21 bits per heavy atom. The van der Waals surface area contributed by atoms with Crippen molar-refractivity contribution in [3.63, 3.8) is 0 Å². The Bertz CT molecular complexity index is 602. The van der Waals surface area contributed by atoms with E-state index >= 15 is 0 Å². The SMILES string of the molecule is CN=C(NCCn1cccc1)NCC(OC)c1ccc(F)cc1.I. The van der Waals surface area contributed by atoms with Crippen molar-refractivity contribution in [3.05, 3.63) is 60.2 Å². The lowest BCUT2D eigenvalue weighted by atomic mass is 10.1. The standard InChI is InChI=1S/C17H23FN4O.HI/c1-19-17(20-9-12-22-10-3-4-11-22)21-13-16(23-2)14-5-7-15(18)8-6-14;/h3-8,10-11,16H,9,12-13H2,1-2H3,(H2,19,20,21);1H. The second kappa shape index (κ2) is 11.0. The summed E-state index contributed by atoms with van der Waals surface area (Å²) in [6, 6.07) is 10.3. The first kappa shape index (κ1) is 20.4. The minimum atomic E-state index is -0.251. The summed E-state index contributed by atoms with van der Waals surface area (Å²) in [6.45, 7) is 2.17. The molecule has 1 unspecified atom stereocenters. The number of nitrogens with one attached hydrogen (secondary N) is 2. The normalized spacial score (nSPS) is 12.4. The number of guanidine groups is 1. The fraction of sp³-hybridized carbons (Fsp3) is 0.353. The number of ether oxygens (including phenoxy) is 1. The molecule has 0 bridgehead atoms. The van der Waals surface area contributed by atoms with E-state index in [9.17, 15) is 4.39 Å². The molecule has 0 aliphatic carbocycles. The molecule has 1 aromatic carbocycles. The molecule has 0 saturated carbocycles. The van der Waals surface area contributed by atoms with Crippen molar-refractivity contribution in [2.75, 3.05) is 27.2 Å². The molecule has 1 atom stereocenters. The average molecular weight is 446 g/mol. The van der Waals surface area contributed by atoms with Gasteiger partial charge in [-0.3, -0.25) is 4.99 Å². The molecule has 7 heteroatoms. The Kier molecular flexibility index (Phi) is 9.39. The van der Waals surface area contributed by atoms with Gasteiger partial charge >= 0.3 is 0 Å². The number of methoxy groups -OCH3 is 1. The van der Waals surface area contributed by atoms with Crippen LogP contribution in [0.4, 0.5) is 4.39 Å². The van der Waals surface area contributed by atoms with Gasteiger partial charge in [0.25, 0.3) is 0 Å². The van der Waals surface area contributed by atoms with E-state index in [2.05, 4.69) is 20.2 Å². The predicted octanol–water partition coefficient (Wildman–Crippen LogP) is 2.80. The van der Waals surface area contributed by atoms with Gasteiger partial charge < -0.3 is 19.9 Å². The molecular formula is C17H24FIN4O. The van der Waals surface area contributed by atoms with Gasteiger partial charge in [-0.2, -0.15) is 0 Å². The highest BCUT2D eigenvalue weighted by Crippen LogP contribution is 2.15. The number of benzene rings is 1. The van der Waals surface area contributed by atoms with Gasteiger partial charge in [0.1, 0.15) is 5.82 Å². The summed E-state index contributed by atoms with van der Waals surface area (Å²) in [5.74, 6) is 0.459. The van der Waals surface area contributed by atoms with Gasteiger partial charge in [-0.15, -0.1) is 24.0 Å². The largest absolute Gasteiger partial charge is 0.375 e.